The lowest BCUT2D eigenvalue weighted by Crippen LogP contribution is -2.09. The number of benzene rings is 2. The minimum absolute atomic E-state index is 0.0632. The van der Waals surface area contributed by atoms with Crippen LogP contribution in [0.5, 0.6) is 17.2 Å². The highest BCUT2D eigenvalue weighted by Gasteiger charge is 2.12. The standard InChI is InChI=1S/C23H19FN6O3/c1-15-27-28-29-30(15)20-13-17(7-9-22(20)32-2)26-23(31)10-6-16-5-8-21(19(24)12-16)33-18-4-3-11-25-14-18/h3-14H,1-2H3,(H,26,31)/b10-6+. The molecule has 0 aliphatic carbocycles. The zero-order valence-electron chi connectivity index (χ0n) is 17.8. The molecule has 2 aromatic heterocycles. The van der Waals surface area contributed by atoms with Crippen molar-refractivity contribution in [3.63, 3.8) is 0 Å². The van der Waals surface area contributed by atoms with Crippen LogP contribution in [0, 0.1) is 12.7 Å². The third-order valence-corrected chi connectivity index (χ3v) is 4.55. The molecule has 33 heavy (non-hydrogen) atoms. The fourth-order valence-corrected chi connectivity index (χ4v) is 2.98. The Balaban J connectivity index is 1.45. The van der Waals surface area contributed by atoms with Gasteiger partial charge >= 0.3 is 0 Å². The Labute approximate surface area is 188 Å². The van der Waals surface area contributed by atoms with Crippen LogP contribution < -0.4 is 14.8 Å². The number of amides is 1. The van der Waals surface area contributed by atoms with E-state index in [0.717, 1.165) is 0 Å². The summed E-state index contributed by atoms with van der Waals surface area (Å²) in [6, 6.07) is 12.9. The van der Waals surface area contributed by atoms with Crippen molar-refractivity contribution in [3.8, 4) is 22.9 Å². The maximum Gasteiger partial charge on any atom is 0.248 e. The quantitative estimate of drug-likeness (QED) is 0.429. The smallest absolute Gasteiger partial charge is 0.248 e. The SMILES string of the molecule is COc1ccc(NC(=O)/C=C/c2ccc(Oc3cccnc3)c(F)c2)cc1-n1nnnc1C. The highest BCUT2D eigenvalue weighted by molar-refractivity contribution is 6.02. The van der Waals surface area contributed by atoms with Crippen LogP contribution in [0.3, 0.4) is 0 Å². The second kappa shape index (κ2) is 9.69. The first-order valence-corrected chi connectivity index (χ1v) is 9.83. The number of anilines is 1. The summed E-state index contributed by atoms with van der Waals surface area (Å²) in [4.78, 5) is 16.3. The van der Waals surface area contributed by atoms with Gasteiger partial charge in [0, 0.05) is 18.0 Å². The number of carbonyl (C=O) groups is 1. The highest BCUT2D eigenvalue weighted by Crippen LogP contribution is 2.27. The summed E-state index contributed by atoms with van der Waals surface area (Å²) in [6.45, 7) is 1.75. The molecule has 0 fully saturated rings. The average molecular weight is 446 g/mol. The molecule has 1 amide bonds. The van der Waals surface area contributed by atoms with E-state index in [1.165, 1.54) is 42.3 Å². The van der Waals surface area contributed by atoms with Crippen molar-refractivity contribution in [1.82, 2.24) is 25.2 Å². The molecular weight excluding hydrogens is 427 g/mol. The van der Waals surface area contributed by atoms with E-state index < -0.39 is 11.7 Å². The third-order valence-electron chi connectivity index (χ3n) is 4.55. The van der Waals surface area contributed by atoms with Gasteiger partial charge < -0.3 is 14.8 Å². The molecule has 166 valence electrons. The monoisotopic (exact) mass is 446 g/mol. The lowest BCUT2D eigenvalue weighted by Gasteiger charge is -2.11. The van der Waals surface area contributed by atoms with Gasteiger partial charge in [0.1, 0.15) is 17.2 Å². The number of hydrogen-bond donors (Lipinski definition) is 1. The largest absolute Gasteiger partial charge is 0.494 e. The molecule has 0 aliphatic heterocycles. The Morgan fingerprint density at radius 1 is 1.15 bits per heavy atom. The minimum Gasteiger partial charge on any atom is -0.494 e. The molecule has 0 saturated heterocycles. The normalized spacial score (nSPS) is 10.9. The molecule has 4 aromatic rings. The van der Waals surface area contributed by atoms with Crippen molar-refractivity contribution >= 4 is 17.7 Å². The number of pyridine rings is 1. The molecule has 2 heterocycles. The molecule has 10 heteroatoms. The van der Waals surface area contributed by atoms with Crippen molar-refractivity contribution in [1.29, 1.82) is 0 Å². The molecule has 9 nitrogen and oxygen atoms in total. The number of halogens is 1. The fourth-order valence-electron chi connectivity index (χ4n) is 2.98. The van der Waals surface area contributed by atoms with Crippen LogP contribution in [0.4, 0.5) is 10.1 Å². The van der Waals surface area contributed by atoms with Crippen LogP contribution in [0.15, 0.2) is 67.0 Å². The number of tetrazole rings is 1. The van der Waals surface area contributed by atoms with E-state index in [-0.39, 0.29) is 5.75 Å². The summed E-state index contributed by atoms with van der Waals surface area (Å²) in [5.74, 6) is 0.648. The van der Waals surface area contributed by atoms with Crippen LogP contribution in [-0.4, -0.2) is 38.2 Å². The van der Waals surface area contributed by atoms with E-state index in [1.54, 1.807) is 49.5 Å². The predicted molar refractivity (Wildman–Crippen MR) is 119 cm³/mol. The van der Waals surface area contributed by atoms with E-state index in [4.69, 9.17) is 9.47 Å². The van der Waals surface area contributed by atoms with Gasteiger partial charge in [-0.25, -0.2) is 4.39 Å². The maximum atomic E-state index is 14.4. The van der Waals surface area contributed by atoms with Gasteiger partial charge in [-0.15, -0.1) is 5.10 Å². The van der Waals surface area contributed by atoms with Gasteiger partial charge in [0.05, 0.1) is 13.3 Å². The lowest BCUT2D eigenvalue weighted by atomic mass is 10.2. The Bertz CT molecular complexity index is 1310. The van der Waals surface area contributed by atoms with Crippen molar-refractivity contribution in [2.75, 3.05) is 12.4 Å². The zero-order valence-corrected chi connectivity index (χ0v) is 17.8. The molecule has 0 bridgehead atoms. The topological polar surface area (TPSA) is 104 Å². The molecule has 2 aromatic carbocycles. The summed E-state index contributed by atoms with van der Waals surface area (Å²) in [7, 11) is 1.53. The third kappa shape index (κ3) is 5.18. The van der Waals surface area contributed by atoms with E-state index in [1.807, 2.05) is 0 Å². The molecule has 0 radical (unpaired) electrons. The van der Waals surface area contributed by atoms with Gasteiger partial charge in [-0.05, 0) is 71.5 Å². The van der Waals surface area contributed by atoms with Gasteiger partial charge in [-0.2, -0.15) is 4.68 Å². The van der Waals surface area contributed by atoms with Crippen LogP contribution in [0.25, 0.3) is 11.8 Å². The molecule has 0 spiro atoms. The second-order valence-corrected chi connectivity index (χ2v) is 6.83. The summed E-state index contributed by atoms with van der Waals surface area (Å²) in [6.07, 6.45) is 5.90. The molecule has 0 unspecified atom stereocenters. The molecule has 0 aliphatic rings. The number of hydrogen-bond acceptors (Lipinski definition) is 7. The number of aromatic nitrogens is 5. The molecule has 0 saturated carbocycles. The second-order valence-electron chi connectivity index (χ2n) is 6.83. The number of rotatable bonds is 7. The summed E-state index contributed by atoms with van der Waals surface area (Å²) >= 11 is 0. The number of aryl methyl sites for hydroxylation is 1. The van der Waals surface area contributed by atoms with Crippen molar-refractivity contribution in [3.05, 3.63) is 84.2 Å². The fraction of sp³-hybridized carbons (Fsp3) is 0.0870. The Kier molecular flexibility index (Phi) is 6.35. The van der Waals surface area contributed by atoms with Crippen molar-refractivity contribution in [2.24, 2.45) is 0 Å². The number of carbonyl (C=O) groups excluding carboxylic acids is 1. The van der Waals surface area contributed by atoms with E-state index in [0.29, 0.717) is 34.3 Å². The van der Waals surface area contributed by atoms with Gasteiger partial charge in [0.15, 0.2) is 17.4 Å². The molecular formula is C23H19FN6O3. The highest BCUT2D eigenvalue weighted by atomic mass is 19.1. The Morgan fingerprint density at radius 3 is 2.70 bits per heavy atom. The van der Waals surface area contributed by atoms with Crippen LogP contribution in [-0.2, 0) is 4.79 Å². The van der Waals surface area contributed by atoms with Crippen molar-refractivity contribution < 1.29 is 18.7 Å². The minimum atomic E-state index is -0.557. The first-order valence-electron chi connectivity index (χ1n) is 9.83. The van der Waals surface area contributed by atoms with E-state index in [9.17, 15) is 9.18 Å². The van der Waals surface area contributed by atoms with E-state index in [2.05, 4.69) is 25.8 Å². The number of nitrogens with one attached hydrogen (secondary N) is 1. The van der Waals surface area contributed by atoms with E-state index >= 15 is 0 Å². The summed E-state index contributed by atoms with van der Waals surface area (Å²) in [5, 5.41) is 14.2. The first kappa shape index (κ1) is 21.6. The molecule has 1 N–H and O–H groups in total. The summed E-state index contributed by atoms with van der Waals surface area (Å²) < 4.78 is 26.7. The van der Waals surface area contributed by atoms with Crippen LogP contribution >= 0.6 is 0 Å². The Morgan fingerprint density at radius 2 is 2.00 bits per heavy atom. The van der Waals surface area contributed by atoms with Crippen LogP contribution in [0.1, 0.15) is 11.4 Å². The van der Waals surface area contributed by atoms with Gasteiger partial charge in [0.25, 0.3) is 0 Å². The van der Waals surface area contributed by atoms with Gasteiger partial charge in [0.2, 0.25) is 5.91 Å². The number of nitrogens with zero attached hydrogens (tertiary/aromatic N) is 5. The summed E-state index contributed by atoms with van der Waals surface area (Å²) in [5.41, 5.74) is 1.59. The van der Waals surface area contributed by atoms with Crippen molar-refractivity contribution in [2.45, 2.75) is 6.92 Å². The van der Waals surface area contributed by atoms with Crippen LogP contribution in [0.2, 0.25) is 0 Å². The molecule has 4 rings (SSSR count). The van der Waals surface area contributed by atoms with Gasteiger partial charge in [-0.1, -0.05) is 6.07 Å². The molecule has 0 atom stereocenters. The lowest BCUT2D eigenvalue weighted by molar-refractivity contribution is -0.111. The maximum absolute atomic E-state index is 14.4. The zero-order chi connectivity index (χ0) is 23.2. The number of ether oxygens (including phenoxy) is 2. The Hall–Kier alpha value is -4.60. The van der Waals surface area contributed by atoms with Gasteiger partial charge in [-0.3, -0.25) is 9.78 Å². The predicted octanol–water partition coefficient (Wildman–Crippen LogP) is 3.96. The average Bonchev–Trinajstić information content (AvgIpc) is 3.25. The number of methoxy groups -OCH3 is 1. The first-order chi connectivity index (χ1) is 16.0.